The number of para-hydroxylation sites is 1. The van der Waals surface area contributed by atoms with Gasteiger partial charge in [0.15, 0.2) is 0 Å². The van der Waals surface area contributed by atoms with Crippen LogP contribution in [-0.2, 0) is 6.42 Å². The lowest BCUT2D eigenvalue weighted by Gasteiger charge is -2.17. The van der Waals surface area contributed by atoms with Crippen LogP contribution in [0.2, 0.25) is 0 Å². The van der Waals surface area contributed by atoms with Crippen molar-refractivity contribution in [2.75, 3.05) is 11.9 Å². The smallest absolute Gasteiger partial charge is 0.146 e. The van der Waals surface area contributed by atoms with E-state index in [0.717, 1.165) is 30.3 Å². The largest absolute Gasteiger partial charge is 0.384 e. The third kappa shape index (κ3) is 2.11. The third-order valence-electron chi connectivity index (χ3n) is 3.53. The van der Waals surface area contributed by atoms with Gasteiger partial charge in [-0.15, -0.1) is 0 Å². The molecule has 0 aliphatic carbocycles. The standard InChI is InChI=1S/C15H12BrF2NO/c16-10-4-5-11(17)12(13(10)18)15(20)9-3-1-2-8-6-7-19-14(8)9/h1-5,15,19-20H,6-7H2. The van der Waals surface area contributed by atoms with Crippen LogP contribution in [0, 0.1) is 11.6 Å². The summed E-state index contributed by atoms with van der Waals surface area (Å²) in [5.74, 6) is -1.53. The Morgan fingerprint density at radius 2 is 2.00 bits per heavy atom. The van der Waals surface area contributed by atoms with Crippen LogP contribution in [-0.4, -0.2) is 11.7 Å². The number of benzene rings is 2. The number of rotatable bonds is 2. The van der Waals surface area contributed by atoms with Crippen LogP contribution >= 0.6 is 15.9 Å². The van der Waals surface area contributed by atoms with E-state index in [2.05, 4.69) is 21.2 Å². The molecule has 1 heterocycles. The van der Waals surface area contributed by atoms with Crippen molar-refractivity contribution in [3.63, 3.8) is 0 Å². The first-order chi connectivity index (χ1) is 9.59. The summed E-state index contributed by atoms with van der Waals surface area (Å²) in [4.78, 5) is 0. The van der Waals surface area contributed by atoms with Gasteiger partial charge in [-0.05, 0) is 40.0 Å². The number of aliphatic hydroxyl groups is 1. The van der Waals surface area contributed by atoms with E-state index in [4.69, 9.17) is 0 Å². The maximum absolute atomic E-state index is 14.1. The second-order valence-corrected chi connectivity index (χ2v) is 5.57. The molecular weight excluding hydrogens is 328 g/mol. The summed E-state index contributed by atoms with van der Waals surface area (Å²) in [6.07, 6.45) is -0.493. The molecule has 0 spiro atoms. The van der Waals surface area contributed by atoms with Gasteiger partial charge in [0.05, 0.1) is 10.0 Å². The monoisotopic (exact) mass is 339 g/mol. The van der Waals surface area contributed by atoms with Gasteiger partial charge < -0.3 is 10.4 Å². The molecule has 0 fully saturated rings. The van der Waals surface area contributed by atoms with Crippen molar-refractivity contribution < 1.29 is 13.9 Å². The molecule has 1 aliphatic rings. The maximum Gasteiger partial charge on any atom is 0.146 e. The summed E-state index contributed by atoms with van der Waals surface area (Å²) in [5, 5.41) is 13.6. The van der Waals surface area contributed by atoms with E-state index in [9.17, 15) is 13.9 Å². The van der Waals surface area contributed by atoms with Gasteiger partial charge in [0.2, 0.25) is 0 Å². The van der Waals surface area contributed by atoms with Crippen molar-refractivity contribution in [1.29, 1.82) is 0 Å². The highest BCUT2D eigenvalue weighted by molar-refractivity contribution is 9.10. The topological polar surface area (TPSA) is 32.3 Å². The average Bonchev–Trinajstić information content (AvgIpc) is 2.91. The molecule has 0 bridgehead atoms. The van der Waals surface area contributed by atoms with Crippen LogP contribution in [0.5, 0.6) is 0 Å². The van der Waals surface area contributed by atoms with E-state index in [-0.39, 0.29) is 10.0 Å². The van der Waals surface area contributed by atoms with Crippen LogP contribution in [0.3, 0.4) is 0 Å². The average molecular weight is 340 g/mol. The molecule has 0 saturated heterocycles. The quantitative estimate of drug-likeness (QED) is 0.816. The van der Waals surface area contributed by atoms with Crippen molar-refractivity contribution in [3.8, 4) is 0 Å². The Bertz CT molecular complexity index is 675. The van der Waals surface area contributed by atoms with Crippen LogP contribution in [0.15, 0.2) is 34.8 Å². The molecule has 104 valence electrons. The fourth-order valence-electron chi connectivity index (χ4n) is 2.54. The highest BCUT2D eigenvalue weighted by atomic mass is 79.9. The molecule has 0 amide bonds. The Morgan fingerprint density at radius 3 is 2.80 bits per heavy atom. The van der Waals surface area contributed by atoms with Gasteiger partial charge >= 0.3 is 0 Å². The van der Waals surface area contributed by atoms with Gasteiger partial charge in [-0.25, -0.2) is 8.78 Å². The predicted octanol–water partition coefficient (Wildman–Crippen LogP) is 3.78. The van der Waals surface area contributed by atoms with Gasteiger partial charge in [0.1, 0.15) is 17.7 Å². The number of anilines is 1. The van der Waals surface area contributed by atoms with Crippen molar-refractivity contribution in [2.45, 2.75) is 12.5 Å². The number of nitrogens with one attached hydrogen (secondary N) is 1. The molecule has 1 unspecified atom stereocenters. The molecule has 1 atom stereocenters. The fourth-order valence-corrected chi connectivity index (χ4v) is 2.89. The highest BCUT2D eigenvalue weighted by Gasteiger charge is 2.25. The van der Waals surface area contributed by atoms with Crippen molar-refractivity contribution in [1.82, 2.24) is 0 Å². The summed E-state index contributed by atoms with van der Waals surface area (Å²) >= 11 is 3.02. The molecule has 2 N–H and O–H groups in total. The number of aliphatic hydroxyl groups excluding tert-OH is 1. The Kier molecular flexibility index (Phi) is 3.48. The first kappa shape index (κ1) is 13.5. The molecule has 2 aromatic carbocycles. The van der Waals surface area contributed by atoms with Crippen molar-refractivity contribution in [2.24, 2.45) is 0 Å². The Morgan fingerprint density at radius 1 is 1.20 bits per heavy atom. The van der Waals surface area contributed by atoms with Gasteiger partial charge in [-0.2, -0.15) is 0 Å². The first-order valence-corrected chi connectivity index (χ1v) is 7.06. The lowest BCUT2D eigenvalue weighted by Crippen LogP contribution is -2.08. The Balaban J connectivity index is 2.13. The fraction of sp³-hybridized carbons (Fsp3) is 0.200. The van der Waals surface area contributed by atoms with E-state index in [1.807, 2.05) is 6.07 Å². The molecule has 2 nitrogen and oxygen atoms in total. The summed E-state index contributed by atoms with van der Waals surface area (Å²) < 4.78 is 28.1. The minimum atomic E-state index is -1.34. The molecule has 5 heteroatoms. The van der Waals surface area contributed by atoms with E-state index >= 15 is 0 Å². The first-order valence-electron chi connectivity index (χ1n) is 6.26. The second-order valence-electron chi connectivity index (χ2n) is 4.72. The number of hydrogen-bond acceptors (Lipinski definition) is 2. The Labute approximate surface area is 123 Å². The molecule has 20 heavy (non-hydrogen) atoms. The summed E-state index contributed by atoms with van der Waals surface area (Å²) in [6.45, 7) is 0.766. The normalized spacial score (nSPS) is 14.8. The van der Waals surface area contributed by atoms with Crippen LogP contribution in [0.4, 0.5) is 14.5 Å². The molecule has 0 saturated carbocycles. The zero-order valence-electron chi connectivity index (χ0n) is 10.5. The van der Waals surface area contributed by atoms with E-state index in [1.54, 1.807) is 12.1 Å². The molecular formula is C15H12BrF2NO. The second kappa shape index (κ2) is 5.14. The van der Waals surface area contributed by atoms with E-state index < -0.39 is 17.7 Å². The predicted molar refractivity (Wildman–Crippen MR) is 76.8 cm³/mol. The minimum absolute atomic E-state index is 0.133. The SMILES string of the molecule is OC(c1cccc2c1NCC2)c1c(F)ccc(Br)c1F. The summed E-state index contributed by atoms with van der Waals surface area (Å²) in [5.41, 5.74) is 1.99. The number of fused-ring (bicyclic) bond motifs is 1. The Hall–Kier alpha value is -1.46. The zero-order chi connectivity index (χ0) is 14.3. The molecule has 3 rings (SSSR count). The molecule has 1 aliphatic heterocycles. The van der Waals surface area contributed by atoms with Crippen molar-refractivity contribution in [3.05, 3.63) is 63.1 Å². The van der Waals surface area contributed by atoms with E-state index in [0.29, 0.717) is 5.56 Å². The van der Waals surface area contributed by atoms with Gasteiger partial charge in [0, 0.05) is 17.8 Å². The van der Waals surface area contributed by atoms with E-state index in [1.165, 1.54) is 6.07 Å². The highest BCUT2D eigenvalue weighted by Crippen LogP contribution is 2.37. The molecule has 0 radical (unpaired) electrons. The maximum atomic E-state index is 14.1. The lowest BCUT2D eigenvalue weighted by atomic mass is 9.97. The number of hydrogen-bond donors (Lipinski definition) is 2. The van der Waals surface area contributed by atoms with Crippen molar-refractivity contribution >= 4 is 21.6 Å². The summed E-state index contributed by atoms with van der Waals surface area (Å²) in [6, 6.07) is 7.84. The van der Waals surface area contributed by atoms with Crippen LogP contribution in [0.25, 0.3) is 0 Å². The third-order valence-corrected chi connectivity index (χ3v) is 4.14. The van der Waals surface area contributed by atoms with Gasteiger partial charge in [0.25, 0.3) is 0 Å². The van der Waals surface area contributed by atoms with Crippen LogP contribution < -0.4 is 5.32 Å². The molecule has 2 aromatic rings. The van der Waals surface area contributed by atoms with Crippen LogP contribution in [0.1, 0.15) is 22.8 Å². The zero-order valence-corrected chi connectivity index (χ0v) is 12.0. The lowest BCUT2D eigenvalue weighted by molar-refractivity contribution is 0.209. The molecule has 0 aromatic heterocycles. The van der Waals surface area contributed by atoms with Gasteiger partial charge in [-0.1, -0.05) is 18.2 Å². The minimum Gasteiger partial charge on any atom is -0.384 e. The van der Waals surface area contributed by atoms with Gasteiger partial charge in [-0.3, -0.25) is 0 Å². The number of halogens is 3. The summed E-state index contributed by atoms with van der Waals surface area (Å²) in [7, 11) is 0.